The van der Waals surface area contributed by atoms with Gasteiger partial charge in [-0.3, -0.25) is 0 Å². The fourth-order valence-electron chi connectivity index (χ4n) is 2.53. The topological polar surface area (TPSA) is 33.7 Å². The van der Waals surface area contributed by atoms with Crippen LogP contribution in [-0.2, 0) is 6.42 Å². The Morgan fingerprint density at radius 3 is 2.88 bits per heavy atom. The molecule has 3 rings (SSSR count). The Bertz CT molecular complexity index is 409. The first-order chi connectivity index (χ1) is 8.27. The zero-order chi connectivity index (χ0) is 11.8. The van der Waals surface area contributed by atoms with Crippen LogP contribution in [-0.4, -0.2) is 33.9 Å². The highest BCUT2D eigenvalue weighted by Gasteiger charge is 2.25. The fraction of sp³-hybridized carbons (Fsp3) is 0.538. The largest absolute Gasteiger partial charge is 0.486 e. The first-order valence-corrected chi connectivity index (χ1v) is 6.14. The SMILES string of the molecule is CN(C)c1c2c(cc3c1OCCO3)CCCN2. The molecule has 0 saturated carbocycles. The second kappa shape index (κ2) is 4.02. The summed E-state index contributed by atoms with van der Waals surface area (Å²) in [4.78, 5) is 2.10. The van der Waals surface area contributed by atoms with Gasteiger partial charge in [-0.2, -0.15) is 0 Å². The van der Waals surface area contributed by atoms with Gasteiger partial charge in [-0.05, 0) is 24.5 Å². The number of hydrogen-bond acceptors (Lipinski definition) is 4. The Morgan fingerprint density at radius 2 is 2.06 bits per heavy atom. The van der Waals surface area contributed by atoms with Gasteiger partial charge in [-0.25, -0.2) is 0 Å². The van der Waals surface area contributed by atoms with Crippen LogP contribution < -0.4 is 19.7 Å². The number of anilines is 2. The van der Waals surface area contributed by atoms with Crippen LogP contribution in [0.25, 0.3) is 0 Å². The number of ether oxygens (including phenoxy) is 2. The van der Waals surface area contributed by atoms with Crippen LogP contribution in [0.2, 0.25) is 0 Å². The number of nitrogens with one attached hydrogen (secondary N) is 1. The molecular formula is C13H18N2O2. The van der Waals surface area contributed by atoms with Gasteiger partial charge in [0.05, 0.1) is 5.69 Å². The zero-order valence-electron chi connectivity index (χ0n) is 10.4. The van der Waals surface area contributed by atoms with E-state index in [2.05, 4.69) is 16.3 Å². The van der Waals surface area contributed by atoms with Crippen molar-refractivity contribution in [1.29, 1.82) is 0 Å². The van der Waals surface area contributed by atoms with Crippen LogP contribution in [0.15, 0.2) is 6.07 Å². The standard InChI is InChI=1S/C13H18N2O2/c1-15(2)12-11-9(4-3-5-14-11)8-10-13(12)17-7-6-16-10/h8,14H,3-7H2,1-2H3. The van der Waals surface area contributed by atoms with E-state index >= 15 is 0 Å². The Kier molecular flexibility index (Phi) is 2.50. The second-order valence-electron chi connectivity index (χ2n) is 4.71. The molecule has 0 aliphatic carbocycles. The van der Waals surface area contributed by atoms with Gasteiger partial charge in [0.15, 0.2) is 11.5 Å². The van der Waals surface area contributed by atoms with Crippen molar-refractivity contribution >= 4 is 11.4 Å². The molecule has 4 nitrogen and oxygen atoms in total. The molecule has 4 heteroatoms. The summed E-state index contributed by atoms with van der Waals surface area (Å²) in [5, 5.41) is 3.49. The maximum atomic E-state index is 5.78. The van der Waals surface area contributed by atoms with E-state index in [0.29, 0.717) is 13.2 Å². The van der Waals surface area contributed by atoms with Crippen LogP contribution in [0.5, 0.6) is 11.5 Å². The predicted octanol–water partition coefficient (Wildman–Crippen LogP) is 1.88. The molecule has 2 aliphatic heterocycles. The number of aryl methyl sites for hydroxylation is 1. The number of rotatable bonds is 1. The van der Waals surface area contributed by atoms with E-state index < -0.39 is 0 Å². The first kappa shape index (κ1) is 10.6. The molecule has 0 amide bonds. The molecule has 17 heavy (non-hydrogen) atoms. The van der Waals surface area contributed by atoms with Crippen LogP contribution in [0.3, 0.4) is 0 Å². The van der Waals surface area contributed by atoms with Crippen molar-refractivity contribution in [2.24, 2.45) is 0 Å². The monoisotopic (exact) mass is 234 g/mol. The van der Waals surface area contributed by atoms with Crippen molar-refractivity contribution in [1.82, 2.24) is 0 Å². The van der Waals surface area contributed by atoms with Crippen LogP contribution in [0.1, 0.15) is 12.0 Å². The average Bonchev–Trinajstić information content (AvgIpc) is 2.35. The molecule has 0 saturated heterocycles. The quantitative estimate of drug-likeness (QED) is 0.804. The van der Waals surface area contributed by atoms with Gasteiger partial charge in [0.2, 0.25) is 0 Å². The van der Waals surface area contributed by atoms with Crippen molar-refractivity contribution in [2.45, 2.75) is 12.8 Å². The predicted molar refractivity (Wildman–Crippen MR) is 68.6 cm³/mol. The van der Waals surface area contributed by atoms with Crippen LogP contribution in [0.4, 0.5) is 11.4 Å². The molecule has 0 radical (unpaired) electrons. The van der Waals surface area contributed by atoms with Crippen LogP contribution >= 0.6 is 0 Å². The van der Waals surface area contributed by atoms with Crippen LogP contribution in [0, 0.1) is 0 Å². The Balaban J connectivity index is 2.19. The third kappa shape index (κ3) is 1.68. The average molecular weight is 234 g/mol. The van der Waals surface area contributed by atoms with Crippen molar-refractivity contribution in [3.8, 4) is 11.5 Å². The van der Waals surface area contributed by atoms with Crippen molar-refractivity contribution in [2.75, 3.05) is 44.1 Å². The minimum Gasteiger partial charge on any atom is -0.486 e. The van der Waals surface area contributed by atoms with Crippen molar-refractivity contribution < 1.29 is 9.47 Å². The molecule has 2 heterocycles. The number of hydrogen-bond donors (Lipinski definition) is 1. The highest BCUT2D eigenvalue weighted by molar-refractivity contribution is 5.83. The molecule has 92 valence electrons. The summed E-state index contributed by atoms with van der Waals surface area (Å²) in [6, 6.07) is 2.13. The lowest BCUT2D eigenvalue weighted by atomic mass is 10.0. The normalized spacial score (nSPS) is 17.1. The third-order valence-corrected chi connectivity index (χ3v) is 3.26. The van der Waals surface area contributed by atoms with E-state index in [-0.39, 0.29) is 0 Å². The Morgan fingerprint density at radius 1 is 1.24 bits per heavy atom. The summed E-state index contributed by atoms with van der Waals surface area (Å²) in [6.07, 6.45) is 2.29. The Hall–Kier alpha value is -1.58. The molecule has 0 unspecified atom stereocenters. The van der Waals surface area contributed by atoms with Gasteiger partial charge in [-0.15, -0.1) is 0 Å². The van der Waals surface area contributed by atoms with E-state index in [4.69, 9.17) is 9.47 Å². The molecule has 0 spiro atoms. The lowest BCUT2D eigenvalue weighted by Crippen LogP contribution is -2.23. The third-order valence-electron chi connectivity index (χ3n) is 3.26. The van der Waals surface area contributed by atoms with Crippen molar-refractivity contribution in [3.05, 3.63) is 11.6 Å². The molecule has 1 aromatic rings. The summed E-state index contributed by atoms with van der Waals surface area (Å²) in [6.45, 7) is 2.31. The van der Waals surface area contributed by atoms with E-state index in [1.807, 2.05) is 14.1 Å². The zero-order valence-corrected chi connectivity index (χ0v) is 10.4. The minimum atomic E-state index is 0.632. The van der Waals surface area contributed by atoms with Gasteiger partial charge in [-0.1, -0.05) is 0 Å². The highest BCUT2D eigenvalue weighted by atomic mass is 16.6. The van der Waals surface area contributed by atoms with E-state index in [1.54, 1.807) is 0 Å². The van der Waals surface area contributed by atoms with Gasteiger partial charge in [0, 0.05) is 20.6 Å². The summed E-state index contributed by atoms with van der Waals surface area (Å²) < 4.78 is 11.5. The molecule has 2 aliphatic rings. The second-order valence-corrected chi connectivity index (χ2v) is 4.71. The minimum absolute atomic E-state index is 0.632. The van der Waals surface area contributed by atoms with E-state index in [9.17, 15) is 0 Å². The number of nitrogens with zero attached hydrogens (tertiary/aromatic N) is 1. The maximum Gasteiger partial charge on any atom is 0.186 e. The van der Waals surface area contributed by atoms with Gasteiger partial charge < -0.3 is 19.7 Å². The van der Waals surface area contributed by atoms with Gasteiger partial charge in [0.25, 0.3) is 0 Å². The lowest BCUT2D eigenvalue weighted by Gasteiger charge is -2.30. The molecular weight excluding hydrogens is 216 g/mol. The molecule has 1 N–H and O–H groups in total. The summed E-state index contributed by atoms with van der Waals surface area (Å²) in [5.41, 5.74) is 3.67. The maximum absolute atomic E-state index is 5.78. The van der Waals surface area contributed by atoms with Crippen molar-refractivity contribution in [3.63, 3.8) is 0 Å². The van der Waals surface area contributed by atoms with E-state index in [0.717, 1.165) is 30.2 Å². The Labute approximate surface area is 102 Å². The highest BCUT2D eigenvalue weighted by Crippen LogP contribution is 2.47. The molecule has 0 atom stereocenters. The number of benzene rings is 1. The lowest BCUT2D eigenvalue weighted by molar-refractivity contribution is 0.172. The molecule has 0 bridgehead atoms. The van der Waals surface area contributed by atoms with Gasteiger partial charge in [0.1, 0.15) is 18.9 Å². The summed E-state index contributed by atoms with van der Waals surface area (Å²) in [5.74, 6) is 1.77. The summed E-state index contributed by atoms with van der Waals surface area (Å²) >= 11 is 0. The molecule has 0 fully saturated rings. The smallest absolute Gasteiger partial charge is 0.186 e. The molecule has 0 aromatic heterocycles. The molecule has 1 aromatic carbocycles. The van der Waals surface area contributed by atoms with E-state index in [1.165, 1.54) is 17.7 Å². The summed E-state index contributed by atoms with van der Waals surface area (Å²) in [7, 11) is 4.09. The number of fused-ring (bicyclic) bond motifs is 2. The first-order valence-electron chi connectivity index (χ1n) is 6.14. The fourth-order valence-corrected chi connectivity index (χ4v) is 2.53. The van der Waals surface area contributed by atoms with Gasteiger partial charge >= 0.3 is 0 Å².